The molecule has 0 saturated carbocycles. The van der Waals surface area contributed by atoms with E-state index in [2.05, 4.69) is 0 Å². The molecule has 0 spiro atoms. The lowest BCUT2D eigenvalue weighted by molar-refractivity contribution is -0.117. The van der Waals surface area contributed by atoms with Crippen molar-refractivity contribution in [3.63, 3.8) is 0 Å². The van der Waals surface area contributed by atoms with Crippen LogP contribution in [0.1, 0.15) is 20.3 Å². The third kappa shape index (κ3) is 3.73. The number of primary amides is 1. The smallest absolute Gasteiger partial charge is 0.235 e. The van der Waals surface area contributed by atoms with E-state index in [0.29, 0.717) is 0 Å². The highest BCUT2D eigenvalue weighted by molar-refractivity contribution is 7.92. The van der Waals surface area contributed by atoms with E-state index in [1.165, 1.54) is 0 Å². The van der Waals surface area contributed by atoms with Gasteiger partial charge in [-0.25, -0.2) is 8.42 Å². The molecule has 13 heavy (non-hydrogen) atoms. The van der Waals surface area contributed by atoms with Crippen molar-refractivity contribution >= 4 is 15.7 Å². The van der Waals surface area contributed by atoms with Crippen molar-refractivity contribution in [1.29, 1.82) is 0 Å². The molecule has 6 heteroatoms. The Morgan fingerprint density at radius 1 is 1.46 bits per heavy atom. The van der Waals surface area contributed by atoms with Crippen LogP contribution in [0.25, 0.3) is 0 Å². The van der Waals surface area contributed by atoms with E-state index < -0.39 is 27.0 Å². The predicted molar refractivity (Wildman–Crippen MR) is 50.7 cm³/mol. The first kappa shape index (κ1) is 12.4. The summed E-state index contributed by atoms with van der Waals surface area (Å²) < 4.78 is 22.9. The molecule has 0 aromatic rings. The van der Waals surface area contributed by atoms with Gasteiger partial charge in [0, 0.05) is 6.04 Å². The first-order valence-electron chi connectivity index (χ1n) is 4.07. The second kappa shape index (κ2) is 4.57. The van der Waals surface area contributed by atoms with Crippen LogP contribution in [0.5, 0.6) is 0 Å². The van der Waals surface area contributed by atoms with E-state index in [-0.39, 0.29) is 12.2 Å². The quantitative estimate of drug-likeness (QED) is 0.605. The highest BCUT2D eigenvalue weighted by Crippen LogP contribution is 2.07. The van der Waals surface area contributed by atoms with Gasteiger partial charge in [0.05, 0.1) is 5.75 Å². The Kier molecular flexibility index (Phi) is 4.35. The number of sulfone groups is 1. The first-order chi connectivity index (χ1) is 5.81. The van der Waals surface area contributed by atoms with Gasteiger partial charge in [0.25, 0.3) is 0 Å². The summed E-state index contributed by atoms with van der Waals surface area (Å²) in [7, 11) is -3.47. The second-order valence-corrected chi connectivity index (χ2v) is 5.33. The van der Waals surface area contributed by atoms with E-state index in [1.54, 1.807) is 13.8 Å². The summed E-state index contributed by atoms with van der Waals surface area (Å²) in [6.45, 7) is 3.18. The Morgan fingerprint density at radius 3 is 2.15 bits per heavy atom. The van der Waals surface area contributed by atoms with Gasteiger partial charge in [0.1, 0.15) is 5.25 Å². The van der Waals surface area contributed by atoms with Gasteiger partial charge in [-0.3, -0.25) is 4.79 Å². The van der Waals surface area contributed by atoms with E-state index in [1.807, 2.05) is 0 Å². The van der Waals surface area contributed by atoms with Gasteiger partial charge in [0.2, 0.25) is 5.91 Å². The normalized spacial score (nSPS) is 16.5. The molecule has 0 aliphatic rings. The number of carbonyl (C=O) groups excluding carboxylic acids is 1. The molecule has 4 N–H and O–H groups in total. The van der Waals surface area contributed by atoms with E-state index in [0.717, 1.165) is 0 Å². The van der Waals surface area contributed by atoms with Crippen molar-refractivity contribution < 1.29 is 13.2 Å². The molecule has 0 aliphatic heterocycles. The lowest BCUT2D eigenvalue weighted by Crippen LogP contribution is -2.40. The number of hydrogen-bond donors (Lipinski definition) is 2. The van der Waals surface area contributed by atoms with E-state index in [4.69, 9.17) is 11.5 Å². The fraction of sp³-hybridized carbons (Fsp3) is 0.857. The molecule has 0 aromatic heterocycles. The van der Waals surface area contributed by atoms with Crippen molar-refractivity contribution in [2.75, 3.05) is 5.75 Å². The number of amides is 1. The minimum Gasteiger partial charge on any atom is -0.369 e. The summed E-state index contributed by atoms with van der Waals surface area (Å²) >= 11 is 0. The van der Waals surface area contributed by atoms with Crippen LogP contribution in [0.4, 0.5) is 0 Å². The van der Waals surface area contributed by atoms with Gasteiger partial charge in [-0.05, 0) is 13.3 Å². The highest BCUT2D eigenvalue weighted by atomic mass is 32.2. The first-order valence-corrected chi connectivity index (χ1v) is 5.79. The van der Waals surface area contributed by atoms with Crippen LogP contribution in [0.2, 0.25) is 0 Å². The largest absolute Gasteiger partial charge is 0.369 e. The van der Waals surface area contributed by atoms with Crippen LogP contribution in [0, 0.1) is 0 Å². The number of carbonyl (C=O) groups is 1. The molecule has 0 fully saturated rings. The SMILES string of the molecule is CCC(C(N)=O)S(=O)(=O)CC(C)N. The summed E-state index contributed by atoms with van der Waals surface area (Å²) in [5.41, 5.74) is 10.3. The van der Waals surface area contributed by atoms with Gasteiger partial charge in [-0.2, -0.15) is 0 Å². The summed E-state index contributed by atoms with van der Waals surface area (Å²) in [5, 5.41) is -1.10. The van der Waals surface area contributed by atoms with Crippen molar-refractivity contribution in [3.8, 4) is 0 Å². The summed E-state index contributed by atoms with van der Waals surface area (Å²) in [6, 6.07) is -0.474. The molecule has 0 aliphatic carbocycles. The maximum atomic E-state index is 11.4. The molecule has 0 radical (unpaired) electrons. The fourth-order valence-corrected chi connectivity index (χ4v) is 2.94. The minimum atomic E-state index is -3.47. The van der Waals surface area contributed by atoms with Crippen molar-refractivity contribution in [3.05, 3.63) is 0 Å². The zero-order valence-electron chi connectivity index (χ0n) is 7.86. The average molecular weight is 208 g/mol. The molecule has 2 atom stereocenters. The monoisotopic (exact) mass is 208 g/mol. The maximum Gasteiger partial charge on any atom is 0.235 e. The van der Waals surface area contributed by atoms with Crippen LogP contribution < -0.4 is 11.5 Å². The van der Waals surface area contributed by atoms with E-state index >= 15 is 0 Å². The summed E-state index contributed by atoms with van der Waals surface area (Å²) in [6.07, 6.45) is 0.199. The van der Waals surface area contributed by atoms with Crippen LogP contribution >= 0.6 is 0 Å². The minimum absolute atomic E-state index is 0.199. The Bertz CT molecular complexity index is 271. The molecule has 0 heterocycles. The zero-order chi connectivity index (χ0) is 10.6. The Hall–Kier alpha value is -0.620. The lowest BCUT2D eigenvalue weighted by Gasteiger charge is -2.13. The van der Waals surface area contributed by atoms with Crippen LogP contribution in [0.3, 0.4) is 0 Å². The maximum absolute atomic E-state index is 11.4. The Labute approximate surface area is 78.4 Å². The zero-order valence-corrected chi connectivity index (χ0v) is 8.67. The molecule has 5 nitrogen and oxygen atoms in total. The molecule has 0 bridgehead atoms. The van der Waals surface area contributed by atoms with Crippen molar-refractivity contribution in [2.24, 2.45) is 11.5 Å². The second-order valence-electron chi connectivity index (χ2n) is 3.11. The van der Waals surface area contributed by atoms with Gasteiger partial charge in [-0.15, -0.1) is 0 Å². The fourth-order valence-electron chi connectivity index (χ4n) is 1.11. The van der Waals surface area contributed by atoms with Crippen molar-refractivity contribution in [1.82, 2.24) is 0 Å². The van der Waals surface area contributed by atoms with Gasteiger partial charge < -0.3 is 11.5 Å². The molecule has 0 saturated heterocycles. The number of nitrogens with two attached hydrogens (primary N) is 2. The van der Waals surface area contributed by atoms with E-state index in [9.17, 15) is 13.2 Å². The molecule has 2 unspecified atom stereocenters. The topological polar surface area (TPSA) is 103 Å². The molecular weight excluding hydrogens is 192 g/mol. The third-order valence-electron chi connectivity index (χ3n) is 1.62. The van der Waals surface area contributed by atoms with Crippen LogP contribution in [0.15, 0.2) is 0 Å². The van der Waals surface area contributed by atoms with Gasteiger partial charge in [-0.1, -0.05) is 6.92 Å². The lowest BCUT2D eigenvalue weighted by atomic mass is 10.3. The average Bonchev–Trinajstić information content (AvgIpc) is 1.82. The third-order valence-corrected chi connectivity index (χ3v) is 4.04. The van der Waals surface area contributed by atoms with Gasteiger partial charge in [0.15, 0.2) is 9.84 Å². The summed E-state index contributed by atoms with van der Waals surface area (Å²) in [4.78, 5) is 10.8. The Morgan fingerprint density at radius 2 is 1.92 bits per heavy atom. The number of hydrogen-bond acceptors (Lipinski definition) is 4. The molecule has 78 valence electrons. The van der Waals surface area contributed by atoms with Crippen LogP contribution in [-0.4, -0.2) is 31.4 Å². The number of rotatable bonds is 5. The summed E-state index contributed by atoms with van der Waals surface area (Å²) in [5.74, 6) is -1.00. The van der Waals surface area contributed by atoms with Gasteiger partial charge >= 0.3 is 0 Å². The molecule has 0 rings (SSSR count). The molecular formula is C7H16N2O3S. The highest BCUT2D eigenvalue weighted by Gasteiger charge is 2.29. The molecule has 1 amide bonds. The standard InChI is InChI=1S/C7H16N2O3S/c1-3-6(7(9)10)13(11,12)4-5(2)8/h5-6H,3-4,8H2,1-2H3,(H2,9,10). The predicted octanol–water partition coefficient (Wildman–Crippen LogP) is -0.988. The van der Waals surface area contributed by atoms with Crippen molar-refractivity contribution in [2.45, 2.75) is 31.6 Å². The Balaban J connectivity index is 4.69. The molecule has 0 aromatic carbocycles. The van der Waals surface area contributed by atoms with Crippen LogP contribution in [-0.2, 0) is 14.6 Å².